The first-order chi connectivity index (χ1) is 10.5. The Morgan fingerprint density at radius 1 is 1.14 bits per heavy atom. The number of rotatable bonds is 9. The number of hydrogen-bond donors (Lipinski definition) is 0. The minimum absolute atomic E-state index is 0.224. The van der Waals surface area contributed by atoms with E-state index in [1.54, 1.807) is 12.1 Å². The number of esters is 2. The van der Waals surface area contributed by atoms with E-state index in [2.05, 4.69) is 6.58 Å². The minimum Gasteiger partial charge on any atom is -0.480 e. The predicted octanol–water partition coefficient (Wildman–Crippen LogP) is 3.42. The summed E-state index contributed by atoms with van der Waals surface area (Å²) in [6, 6.07) is 4.71. The highest BCUT2D eigenvalue weighted by molar-refractivity contribution is 6.35. The second kappa shape index (κ2) is 10.1. The number of unbranched alkanes of at least 4 members (excludes halogenated alkanes) is 1. The number of halogens is 2. The number of carbonyl (C=O) groups is 2. The smallest absolute Gasteiger partial charge is 0.344 e. The SMILES string of the molecule is C=CC(=O)OCCCCOC(=O)COc1ccc(Cl)cc1Cl. The van der Waals surface area contributed by atoms with E-state index in [1.165, 1.54) is 6.07 Å². The third kappa shape index (κ3) is 7.33. The second-order valence-corrected chi connectivity index (χ2v) is 5.01. The Morgan fingerprint density at radius 2 is 1.82 bits per heavy atom. The van der Waals surface area contributed by atoms with Crippen LogP contribution in [0.3, 0.4) is 0 Å². The zero-order valence-electron chi connectivity index (χ0n) is 11.8. The summed E-state index contributed by atoms with van der Waals surface area (Å²) >= 11 is 11.7. The molecule has 0 unspecified atom stereocenters. The van der Waals surface area contributed by atoms with E-state index in [0.29, 0.717) is 28.6 Å². The van der Waals surface area contributed by atoms with Crippen LogP contribution in [0.4, 0.5) is 0 Å². The Balaban J connectivity index is 2.13. The van der Waals surface area contributed by atoms with Crippen LogP contribution in [-0.2, 0) is 19.1 Å². The van der Waals surface area contributed by atoms with Crippen LogP contribution in [-0.4, -0.2) is 31.8 Å². The van der Waals surface area contributed by atoms with Crippen LogP contribution in [0.2, 0.25) is 10.0 Å². The maximum Gasteiger partial charge on any atom is 0.344 e. The van der Waals surface area contributed by atoms with E-state index in [4.69, 9.17) is 37.4 Å². The lowest BCUT2D eigenvalue weighted by Gasteiger charge is -2.08. The molecule has 0 aliphatic heterocycles. The Hall–Kier alpha value is -1.72. The van der Waals surface area contributed by atoms with Gasteiger partial charge in [0.15, 0.2) is 6.61 Å². The zero-order chi connectivity index (χ0) is 16.4. The molecule has 0 atom stereocenters. The highest BCUT2D eigenvalue weighted by atomic mass is 35.5. The van der Waals surface area contributed by atoms with Crippen molar-refractivity contribution in [2.75, 3.05) is 19.8 Å². The number of ether oxygens (including phenoxy) is 3. The van der Waals surface area contributed by atoms with Crippen molar-refractivity contribution in [3.63, 3.8) is 0 Å². The molecule has 0 aliphatic carbocycles. The molecule has 0 fully saturated rings. The van der Waals surface area contributed by atoms with E-state index < -0.39 is 11.9 Å². The molecule has 0 radical (unpaired) electrons. The maximum absolute atomic E-state index is 11.5. The molecule has 1 aromatic rings. The van der Waals surface area contributed by atoms with Gasteiger partial charge in [0.2, 0.25) is 0 Å². The van der Waals surface area contributed by atoms with E-state index in [0.717, 1.165) is 6.08 Å². The maximum atomic E-state index is 11.5. The van der Waals surface area contributed by atoms with Gasteiger partial charge in [-0.3, -0.25) is 0 Å². The predicted molar refractivity (Wildman–Crippen MR) is 83.3 cm³/mol. The Kier molecular flexibility index (Phi) is 8.40. The topological polar surface area (TPSA) is 61.8 Å². The summed E-state index contributed by atoms with van der Waals surface area (Å²) < 4.78 is 15.0. The van der Waals surface area contributed by atoms with Crippen molar-refractivity contribution in [3.8, 4) is 5.75 Å². The highest BCUT2D eigenvalue weighted by Gasteiger charge is 2.07. The average molecular weight is 347 g/mol. The van der Waals surface area contributed by atoms with Crippen molar-refractivity contribution in [1.29, 1.82) is 0 Å². The van der Waals surface area contributed by atoms with E-state index >= 15 is 0 Å². The molecule has 0 bridgehead atoms. The molecular weight excluding hydrogens is 331 g/mol. The highest BCUT2D eigenvalue weighted by Crippen LogP contribution is 2.27. The third-order valence-electron chi connectivity index (χ3n) is 2.45. The van der Waals surface area contributed by atoms with Crippen molar-refractivity contribution in [2.24, 2.45) is 0 Å². The summed E-state index contributed by atoms with van der Waals surface area (Å²) in [6.45, 7) is 3.53. The lowest BCUT2D eigenvalue weighted by Crippen LogP contribution is -2.16. The summed E-state index contributed by atoms with van der Waals surface area (Å²) in [5.41, 5.74) is 0. The van der Waals surface area contributed by atoms with Crippen molar-refractivity contribution < 1.29 is 23.8 Å². The Labute approximate surface area is 138 Å². The largest absolute Gasteiger partial charge is 0.480 e. The fourth-order valence-electron chi connectivity index (χ4n) is 1.39. The van der Waals surface area contributed by atoms with E-state index in [9.17, 15) is 9.59 Å². The van der Waals surface area contributed by atoms with Gasteiger partial charge in [-0.2, -0.15) is 0 Å². The molecule has 120 valence electrons. The quantitative estimate of drug-likeness (QED) is 0.389. The van der Waals surface area contributed by atoms with Crippen molar-refractivity contribution in [3.05, 3.63) is 40.9 Å². The molecule has 5 nitrogen and oxygen atoms in total. The molecule has 0 spiro atoms. The molecule has 0 aliphatic rings. The van der Waals surface area contributed by atoms with Gasteiger partial charge in [-0.1, -0.05) is 29.8 Å². The lowest BCUT2D eigenvalue weighted by atomic mass is 10.3. The van der Waals surface area contributed by atoms with Gasteiger partial charge in [0.05, 0.1) is 18.2 Å². The van der Waals surface area contributed by atoms with Gasteiger partial charge >= 0.3 is 11.9 Å². The first-order valence-corrected chi connectivity index (χ1v) is 7.31. The summed E-state index contributed by atoms with van der Waals surface area (Å²) in [5.74, 6) is -0.612. The van der Waals surface area contributed by atoms with Crippen LogP contribution in [0.15, 0.2) is 30.9 Å². The zero-order valence-corrected chi connectivity index (χ0v) is 13.4. The minimum atomic E-state index is -0.505. The Bertz CT molecular complexity index is 531. The molecule has 0 aromatic heterocycles. The van der Waals surface area contributed by atoms with Gasteiger partial charge < -0.3 is 14.2 Å². The fraction of sp³-hybridized carbons (Fsp3) is 0.333. The Morgan fingerprint density at radius 3 is 2.45 bits per heavy atom. The van der Waals surface area contributed by atoms with E-state index in [-0.39, 0.29) is 19.8 Å². The molecule has 0 N–H and O–H groups in total. The summed E-state index contributed by atoms with van der Waals surface area (Å²) in [5, 5.41) is 0.807. The van der Waals surface area contributed by atoms with Crippen LogP contribution < -0.4 is 4.74 Å². The molecule has 7 heteroatoms. The fourth-order valence-corrected chi connectivity index (χ4v) is 1.86. The number of hydrogen-bond acceptors (Lipinski definition) is 5. The lowest BCUT2D eigenvalue weighted by molar-refractivity contribution is -0.146. The number of carbonyl (C=O) groups excluding carboxylic acids is 2. The van der Waals surface area contributed by atoms with Gasteiger partial charge in [-0.15, -0.1) is 0 Å². The summed E-state index contributed by atoms with van der Waals surface area (Å²) in [6.07, 6.45) is 2.27. The molecule has 0 saturated carbocycles. The van der Waals surface area contributed by atoms with Gasteiger partial charge in [-0.25, -0.2) is 9.59 Å². The molecule has 1 rings (SSSR count). The van der Waals surface area contributed by atoms with Crippen molar-refractivity contribution in [2.45, 2.75) is 12.8 Å². The molecule has 0 saturated heterocycles. The second-order valence-electron chi connectivity index (χ2n) is 4.16. The van der Waals surface area contributed by atoms with Crippen molar-refractivity contribution >= 4 is 35.1 Å². The van der Waals surface area contributed by atoms with E-state index in [1.807, 2.05) is 0 Å². The van der Waals surface area contributed by atoms with Crippen molar-refractivity contribution in [1.82, 2.24) is 0 Å². The molecule has 0 amide bonds. The van der Waals surface area contributed by atoms with Gasteiger partial charge in [0, 0.05) is 11.1 Å². The van der Waals surface area contributed by atoms with Crippen LogP contribution in [0.1, 0.15) is 12.8 Å². The standard InChI is InChI=1S/C15H16Cl2O5/c1-2-14(18)20-7-3-4-8-21-15(19)10-22-13-6-5-11(16)9-12(13)17/h2,5-6,9H,1,3-4,7-8,10H2. The normalized spacial score (nSPS) is 9.91. The molecule has 22 heavy (non-hydrogen) atoms. The van der Waals surface area contributed by atoms with Crippen LogP contribution in [0, 0.1) is 0 Å². The number of benzene rings is 1. The first kappa shape index (κ1) is 18.3. The van der Waals surface area contributed by atoms with Crippen LogP contribution in [0.5, 0.6) is 5.75 Å². The molecule has 0 heterocycles. The molecular formula is C15H16Cl2O5. The monoisotopic (exact) mass is 346 g/mol. The molecule has 1 aromatic carbocycles. The average Bonchev–Trinajstić information content (AvgIpc) is 2.49. The van der Waals surface area contributed by atoms with Crippen LogP contribution in [0.25, 0.3) is 0 Å². The summed E-state index contributed by atoms with van der Waals surface area (Å²) in [7, 11) is 0. The first-order valence-electron chi connectivity index (χ1n) is 6.55. The van der Waals surface area contributed by atoms with Gasteiger partial charge in [0.25, 0.3) is 0 Å². The van der Waals surface area contributed by atoms with Gasteiger partial charge in [0.1, 0.15) is 5.75 Å². The summed E-state index contributed by atoms with van der Waals surface area (Å²) in [4.78, 5) is 22.2. The third-order valence-corrected chi connectivity index (χ3v) is 2.98. The van der Waals surface area contributed by atoms with Crippen LogP contribution >= 0.6 is 23.2 Å². The van der Waals surface area contributed by atoms with Gasteiger partial charge in [-0.05, 0) is 31.0 Å².